The Labute approximate surface area is 101 Å². The van der Waals surface area contributed by atoms with Gasteiger partial charge in [0.2, 0.25) is 10.0 Å². The Kier molecular flexibility index (Phi) is 3.80. The van der Waals surface area contributed by atoms with E-state index in [1.165, 1.54) is 17.1 Å². The predicted octanol–water partition coefficient (Wildman–Crippen LogP) is 0.267. The van der Waals surface area contributed by atoms with E-state index in [1.807, 2.05) is 0 Å². The highest BCUT2D eigenvalue weighted by atomic mass is 32.2. The third-order valence-corrected chi connectivity index (χ3v) is 4.14. The van der Waals surface area contributed by atoms with Crippen molar-refractivity contribution in [2.45, 2.75) is 30.3 Å². The maximum atomic E-state index is 11.9. The molecule has 0 bridgehead atoms. The molecule has 2 rings (SSSR count). The smallest absolute Gasteiger partial charge is 0.243 e. The topological polar surface area (TPSA) is 73.2 Å². The molecule has 1 aromatic heterocycles. The van der Waals surface area contributed by atoms with Gasteiger partial charge in [-0.3, -0.25) is 4.68 Å². The first kappa shape index (κ1) is 12.5. The van der Waals surface area contributed by atoms with Gasteiger partial charge in [-0.05, 0) is 19.3 Å². The Bertz CT molecular complexity index is 463. The molecule has 1 aromatic rings. The average Bonchev–Trinajstić information content (AvgIpc) is 2.76. The number of hydrogen-bond acceptors (Lipinski definition) is 4. The van der Waals surface area contributed by atoms with Crippen LogP contribution in [0.25, 0.3) is 0 Å². The zero-order valence-electron chi connectivity index (χ0n) is 9.80. The van der Waals surface area contributed by atoms with Crippen molar-refractivity contribution >= 4 is 10.0 Å². The first-order valence-corrected chi connectivity index (χ1v) is 7.16. The van der Waals surface area contributed by atoms with Gasteiger partial charge < -0.3 is 4.74 Å². The van der Waals surface area contributed by atoms with E-state index in [-0.39, 0.29) is 11.0 Å². The molecule has 0 aromatic carbocycles. The van der Waals surface area contributed by atoms with Crippen molar-refractivity contribution in [2.75, 3.05) is 13.2 Å². The van der Waals surface area contributed by atoms with E-state index in [0.717, 1.165) is 25.9 Å². The van der Waals surface area contributed by atoms with Gasteiger partial charge >= 0.3 is 0 Å². The fourth-order valence-corrected chi connectivity index (χ4v) is 2.84. The summed E-state index contributed by atoms with van der Waals surface area (Å²) < 4.78 is 33.2. The van der Waals surface area contributed by atoms with Crippen LogP contribution in [-0.2, 0) is 21.8 Å². The Morgan fingerprint density at radius 3 is 3.00 bits per heavy atom. The second kappa shape index (κ2) is 5.16. The Morgan fingerprint density at radius 1 is 1.59 bits per heavy atom. The summed E-state index contributed by atoms with van der Waals surface area (Å²) >= 11 is 0. The molecule has 2 heterocycles. The molecule has 0 amide bonds. The quantitative estimate of drug-likeness (QED) is 0.842. The monoisotopic (exact) mass is 259 g/mol. The van der Waals surface area contributed by atoms with Crippen LogP contribution >= 0.6 is 0 Å². The van der Waals surface area contributed by atoms with E-state index in [4.69, 9.17) is 4.74 Å². The fraction of sp³-hybridized carbons (Fsp3) is 0.700. The average molecular weight is 259 g/mol. The summed E-state index contributed by atoms with van der Waals surface area (Å²) in [5.41, 5.74) is 0. The van der Waals surface area contributed by atoms with E-state index in [2.05, 4.69) is 9.82 Å². The molecule has 0 saturated carbocycles. The van der Waals surface area contributed by atoms with Crippen molar-refractivity contribution in [2.24, 2.45) is 7.05 Å². The molecule has 0 spiro atoms. The molecule has 1 unspecified atom stereocenters. The van der Waals surface area contributed by atoms with Gasteiger partial charge in [-0.2, -0.15) is 5.10 Å². The molecule has 0 aliphatic carbocycles. The van der Waals surface area contributed by atoms with Crippen molar-refractivity contribution in [1.29, 1.82) is 0 Å². The predicted molar refractivity (Wildman–Crippen MR) is 62.0 cm³/mol. The lowest BCUT2D eigenvalue weighted by atomic mass is 10.1. The number of aryl methyl sites for hydroxylation is 1. The lowest BCUT2D eigenvalue weighted by molar-refractivity contribution is 0.0200. The first-order chi connectivity index (χ1) is 8.08. The highest BCUT2D eigenvalue weighted by Crippen LogP contribution is 2.13. The second-order valence-electron chi connectivity index (χ2n) is 4.19. The Morgan fingerprint density at radius 2 is 2.41 bits per heavy atom. The number of nitrogens with one attached hydrogen (secondary N) is 1. The van der Waals surface area contributed by atoms with Crippen LogP contribution in [0.5, 0.6) is 0 Å². The molecule has 1 fully saturated rings. The summed E-state index contributed by atoms with van der Waals surface area (Å²) in [6, 6.07) is 0. The van der Waals surface area contributed by atoms with Gasteiger partial charge in [0.05, 0.1) is 12.3 Å². The van der Waals surface area contributed by atoms with E-state index >= 15 is 0 Å². The molecule has 96 valence electrons. The number of nitrogens with zero attached hydrogens (tertiary/aromatic N) is 2. The van der Waals surface area contributed by atoms with Gasteiger partial charge in [-0.25, -0.2) is 13.1 Å². The lowest BCUT2D eigenvalue weighted by Gasteiger charge is -2.22. The maximum Gasteiger partial charge on any atom is 0.243 e. The summed E-state index contributed by atoms with van der Waals surface area (Å²) in [4.78, 5) is 0.191. The molecule has 1 aliphatic rings. The second-order valence-corrected chi connectivity index (χ2v) is 5.96. The zero-order chi connectivity index (χ0) is 12.3. The third-order valence-electron chi connectivity index (χ3n) is 2.77. The molecule has 6 nitrogen and oxygen atoms in total. The summed E-state index contributed by atoms with van der Waals surface area (Å²) in [5, 5.41) is 3.84. The highest BCUT2D eigenvalue weighted by Gasteiger charge is 2.20. The van der Waals surface area contributed by atoms with Crippen molar-refractivity contribution in [3.8, 4) is 0 Å². The van der Waals surface area contributed by atoms with Crippen LogP contribution < -0.4 is 4.72 Å². The summed E-state index contributed by atoms with van der Waals surface area (Å²) in [7, 11) is -1.77. The summed E-state index contributed by atoms with van der Waals surface area (Å²) in [6.45, 7) is 1.05. The van der Waals surface area contributed by atoms with Crippen LogP contribution in [0.2, 0.25) is 0 Å². The summed E-state index contributed by atoms with van der Waals surface area (Å²) in [5.74, 6) is 0. The largest absolute Gasteiger partial charge is 0.377 e. The highest BCUT2D eigenvalue weighted by molar-refractivity contribution is 7.89. The fourth-order valence-electron chi connectivity index (χ4n) is 1.79. The molecule has 1 atom stereocenters. The van der Waals surface area contributed by atoms with Crippen LogP contribution in [0, 0.1) is 0 Å². The van der Waals surface area contributed by atoms with Crippen LogP contribution in [0.4, 0.5) is 0 Å². The van der Waals surface area contributed by atoms with E-state index < -0.39 is 10.0 Å². The number of sulfonamides is 1. The van der Waals surface area contributed by atoms with E-state index in [0.29, 0.717) is 6.54 Å². The Balaban J connectivity index is 1.93. The van der Waals surface area contributed by atoms with Gasteiger partial charge in [-0.15, -0.1) is 0 Å². The normalized spacial score (nSPS) is 21.6. The SMILES string of the molecule is Cn1cc(S(=O)(=O)NCC2CCCCO2)cn1. The molecule has 1 N–H and O–H groups in total. The molecule has 1 aliphatic heterocycles. The standard InChI is InChI=1S/C10H17N3O3S/c1-13-8-10(7-11-13)17(14,15)12-6-9-4-2-3-5-16-9/h7-9,12H,2-6H2,1H3. The van der Waals surface area contributed by atoms with Crippen molar-refractivity contribution in [1.82, 2.24) is 14.5 Å². The minimum atomic E-state index is -3.45. The number of hydrogen-bond donors (Lipinski definition) is 1. The minimum Gasteiger partial charge on any atom is -0.377 e. The number of ether oxygens (including phenoxy) is 1. The summed E-state index contributed by atoms with van der Waals surface area (Å²) in [6.07, 6.45) is 5.88. The van der Waals surface area contributed by atoms with E-state index in [1.54, 1.807) is 7.05 Å². The number of rotatable bonds is 4. The number of aromatic nitrogens is 2. The first-order valence-electron chi connectivity index (χ1n) is 5.68. The van der Waals surface area contributed by atoms with Crippen molar-refractivity contribution in [3.63, 3.8) is 0 Å². The molecule has 1 saturated heterocycles. The zero-order valence-corrected chi connectivity index (χ0v) is 10.6. The van der Waals surface area contributed by atoms with Gasteiger partial charge in [0, 0.05) is 26.4 Å². The lowest BCUT2D eigenvalue weighted by Crippen LogP contribution is -2.35. The van der Waals surface area contributed by atoms with Crippen LogP contribution in [0.1, 0.15) is 19.3 Å². The van der Waals surface area contributed by atoms with Crippen LogP contribution in [0.15, 0.2) is 17.3 Å². The van der Waals surface area contributed by atoms with Crippen molar-refractivity contribution in [3.05, 3.63) is 12.4 Å². The molecule has 17 heavy (non-hydrogen) atoms. The van der Waals surface area contributed by atoms with Gasteiger partial charge in [0.25, 0.3) is 0 Å². The molecular formula is C10H17N3O3S. The van der Waals surface area contributed by atoms with Crippen molar-refractivity contribution < 1.29 is 13.2 Å². The van der Waals surface area contributed by atoms with Gasteiger partial charge in [-0.1, -0.05) is 0 Å². The minimum absolute atomic E-state index is 0.00445. The van der Waals surface area contributed by atoms with Gasteiger partial charge in [0.1, 0.15) is 4.90 Å². The Hall–Kier alpha value is -0.920. The molecule has 0 radical (unpaired) electrons. The van der Waals surface area contributed by atoms with E-state index in [9.17, 15) is 8.42 Å². The van der Waals surface area contributed by atoms with Crippen LogP contribution in [0.3, 0.4) is 0 Å². The van der Waals surface area contributed by atoms with Gasteiger partial charge in [0.15, 0.2) is 0 Å². The molecular weight excluding hydrogens is 242 g/mol. The third kappa shape index (κ3) is 3.27. The molecule has 7 heteroatoms. The maximum absolute atomic E-state index is 11.9. The van der Waals surface area contributed by atoms with Crippen LogP contribution in [-0.4, -0.2) is 37.5 Å².